The number of anilines is 1. The summed E-state index contributed by atoms with van der Waals surface area (Å²) in [4.78, 5) is 29.2. The van der Waals surface area contributed by atoms with Gasteiger partial charge in [-0.2, -0.15) is 0 Å². The number of ether oxygens (including phenoxy) is 2. The van der Waals surface area contributed by atoms with Crippen molar-refractivity contribution < 1.29 is 19.1 Å². The first-order valence-corrected chi connectivity index (χ1v) is 9.99. The third-order valence-corrected chi connectivity index (χ3v) is 5.70. The molecule has 1 aliphatic heterocycles. The minimum atomic E-state index is -0.619. The number of amides is 2. The molecule has 9 heteroatoms. The maximum absolute atomic E-state index is 12.7. The smallest absolute Gasteiger partial charge is 0.238 e. The summed E-state index contributed by atoms with van der Waals surface area (Å²) in [6.45, 7) is 1.88. The number of hydrogen-bond donors (Lipinski definition) is 2. The number of benzene rings is 2. The third kappa shape index (κ3) is 5.21. The van der Waals surface area contributed by atoms with Gasteiger partial charge >= 0.3 is 0 Å². The third-order valence-electron chi connectivity index (χ3n) is 4.21. The van der Waals surface area contributed by atoms with Gasteiger partial charge in [-0.05, 0) is 36.8 Å². The Morgan fingerprint density at radius 2 is 2.03 bits per heavy atom. The van der Waals surface area contributed by atoms with Crippen LogP contribution in [0.1, 0.15) is 12.0 Å². The summed E-state index contributed by atoms with van der Waals surface area (Å²) >= 11 is 7.29. The molecule has 0 aromatic heterocycles. The van der Waals surface area contributed by atoms with Crippen molar-refractivity contribution in [3.8, 4) is 11.5 Å². The van der Waals surface area contributed by atoms with Crippen LogP contribution in [0.5, 0.6) is 11.5 Å². The summed E-state index contributed by atoms with van der Waals surface area (Å²) in [6.07, 6.45) is 0.0505. The van der Waals surface area contributed by atoms with E-state index in [-0.39, 0.29) is 18.2 Å². The maximum Gasteiger partial charge on any atom is 0.238 e. The average molecular weight is 434 g/mol. The van der Waals surface area contributed by atoms with E-state index >= 15 is 0 Å². The van der Waals surface area contributed by atoms with Crippen molar-refractivity contribution in [3.05, 3.63) is 47.0 Å². The zero-order chi connectivity index (χ0) is 21.0. The Morgan fingerprint density at radius 3 is 2.72 bits per heavy atom. The van der Waals surface area contributed by atoms with Gasteiger partial charge in [-0.25, -0.2) is 4.99 Å². The molecule has 152 valence electrons. The summed E-state index contributed by atoms with van der Waals surface area (Å²) in [5.41, 5.74) is 2.01. The molecule has 0 unspecified atom stereocenters. The molecule has 29 heavy (non-hydrogen) atoms. The van der Waals surface area contributed by atoms with Gasteiger partial charge in [0.2, 0.25) is 11.8 Å². The SMILES string of the molecule is COc1ccc(N=C2NC(=O)C[C@H](C(=O)Nc3ccc(C)c(Cl)c3)S2)c(OC)c1. The highest BCUT2D eigenvalue weighted by molar-refractivity contribution is 8.15. The molecule has 0 saturated carbocycles. The molecule has 2 N–H and O–H groups in total. The fourth-order valence-corrected chi connectivity index (χ4v) is 3.80. The normalized spacial score (nSPS) is 17.6. The van der Waals surface area contributed by atoms with Crippen LogP contribution in [-0.4, -0.2) is 36.5 Å². The predicted octanol–water partition coefficient (Wildman–Crippen LogP) is 3.91. The number of nitrogens with one attached hydrogen (secondary N) is 2. The molecule has 2 amide bonds. The van der Waals surface area contributed by atoms with Crippen LogP contribution in [0.4, 0.5) is 11.4 Å². The van der Waals surface area contributed by atoms with E-state index < -0.39 is 5.25 Å². The number of amidine groups is 1. The van der Waals surface area contributed by atoms with Gasteiger partial charge in [0.25, 0.3) is 0 Å². The van der Waals surface area contributed by atoms with E-state index in [0.717, 1.165) is 5.56 Å². The fourth-order valence-electron chi connectivity index (χ4n) is 2.63. The van der Waals surface area contributed by atoms with Crippen molar-refractivity contribution in [2.24, 2.45) is 4.99 Å². The second-order valence-corrected chi connectivity index (χ2v) is 7.87. The average Bonchev–Trinajstić information content (AvgIpc) is 2.70. The minimum absolute atomic E-state index is 0.0505. The highest BCUT2D eigenvalue weighted by atomic mass is 35.5. The number of thioether (sulfide) groups is 1. The lowest BCUT2D eigenvalue weighted by atomic mass is 10.2. The molecule has 0 radical (unpaired) electrons. The first kappa shape index (κ1) is 21.0. The molecule has 1 aliphatic rings. The highest BCUT2D eigenvalue weighted by Crippen LogP contribution is 2.33. The number of carbonyl (C=O) groups excluding carboxylic acids is 2. The Labute approximate surface area is 177 Å². The number of carbonyl (C=O) groups is 2. The summed E-state index contributed by atoms with van der Waals surface area (Å²) < 4.78 is 10.5. The highest BCUT2D eigenvalue weighted by Gasteiger charge is 2.30. The number of rotatable bonds is 5. The van der Waals surface area contributed by atoms with E-state index in [9.17, 15) is 9.59 Å². The molecular formula is C20H20ClN3O4S. The molecule has 7 nitrogen and oxygen atoms in total. The van der Waals surface area contributed by atoms with Crippen molar-refractivity contribution in [3.63, 3.8) is 0 Å². The summed E-state index contributed by atoms with van der Waals surface area (Å²) in [5.74, 6) is 0.545. The standard InChI is InChI=1S/C20H20ClN3O4S/c1-11-4-5-12(8-14(11)21)22-19(26)17-10-18(25)24-20(29-17)23-15-7-6-13(27-2)9-16(15)28-3/h4-9,17H,10H2,1-3H3,(H,22,26)(H,23,24,25)/t17-/m1/s1. The van der Waals surface area contributed by atoms with Crippen LogP contribution in [0.25, 0.3) is 0 Å². The van der Waals surface area contributed by atoms with E-state index in [4.69, 9.17) is 21.1 Å². The van der Waals surface area contributed by atoms with Crippen molar-refractivity contribution in [2.45, 2.75) is 18.6 Å². The summed E-state index contributed by atoms with van der Waals surface area (Å²) in [6, 6.07) is 10.4. The molecule has 0 aliphatic carbocycles. The van der Waals surface area contributed by atoms with Gasteiger partial charge in [0.15, 0.2) is 5.17 Å². The van der Waals surface area contributed by atoms with Gasteiger partial charge in [-0.1, -0.05) is 29.4 Å². The van der Waals surface area contributed by atoms with Crippen molar-refractivity contribution in [1.29, 1.82) is 0 Å². The van der Waals surface area contributed by atoms with Crippen LogP contribution in [-0.2, 0) is 9.59 Å². The van der Waals surface area contributed by atoms with Crippen molar-refractivity contribution in [2.75, 3.05) is 19.5 Å². The van der Waals surface area contributed by atoms with E-state index in [1.165, 1.54) is 18.9 Å². The molecule has 1 saturated heterocycles. The number of nitrogens with zero attached hydrogens (tertiary/aromatic N) is 1. The Balaban J connectivity index is 1.77. The monoisotopic (exact) mass is 433 g/mol. The van der Waals surface area contributed by atoms with Gasteiger partial charge in [0, 0.05) is 23.2 Å². The molecule has 3 rings (SSSR count). The Bertz CT molecular complexity index is 980. The van der Waals surface area contributed by atoms with Crippen LogP contribution in [0.15, 0.2) is 41.4 Å². The van der Waals surface area contributed by atoms with E-state index in [1.807, 2.05) is 13.0 Å². The number of halogens is 1. The molecule has 1 heterocycles. The van der Waals surface area contributed by atoms with E-state index in [0.29, 0.717) is 33.1 Å². The van der Waals surface area contributed by atoms with Crippen molar-refractivity contribution >= 4 is 51.7 Å². The van der Waals surface area contributed by atoms with Crippen molar-refractivity contribution in [1.82, 2.24) is 5.32 Å². The number of methoxy groups -OCH3 is 2. The van der Waals surface area contributed by atoms with Gasteiger partial charge in [0.05, 0.1) is 14.2 Å². The fraction of sp³-hybridized carbons (Fsp3) is 0.250. The first-order valence-electron chi connectivity index (χ1n) is 8.74. The number of hydrogen-bond acceptors (Lipinski definition) is 6. The molecule has 1 fully saturated rings. The molecule has 2 aromatic rings. The summed E-state index contributed by atoms with van der Waals surface area (Å²) in [7, 11) is 3.08. The van der Waals surface area contributed by atoms with Gasteiger partial charge < -0.3 is 20.1 Å². The molecule has 1 atom stereocenters. The van der Waals surface area contributed by atoms with Crippen LogP contribution in [0, 0.1) is 6.92 Å². The second-order valence-electron chi connectivity index (χ2n) is 6.27. The molecular weight excluding hydrogens is 414 g/mol. The Kier molecular flexibility index (Phi) is 6.66. The van der Waals surface area contributed by atoms with E-state index in [2.05, 4.69) is 15.6 Å². The quantitative estimate of drug-likeness (QED) is 0.746. The lowest BCUT2D eigenvalue weighted by Gasteiger charge is -2.22. The van der Waals surface area contributed by atoms with Gasteiger partial charge in [0.1, 0.15) is 22.4 Å². The lowest BCUT2D eigenvalue weighted by Crippen LogP contribution is -2.41. The zero-order valence-corrected chi connectivity index (χ0v) is 17.7. The van der Waals surface area contributed by atoms with Gasteiger partial charge in [-0.15, -0.1) is 0 Å². The zero-order valence-electron chi connectivity index (χ0n) is 16.1. The molecule has 0 spiro atoms. The first-order chi connectivity index (χ1) is 13.9. The molecule has 0 bridgehead atoms. The Morgan fingerprint density at radius 1 is 1.24 bits per heavy atom. The molecule has 2 aromatic carbocycles. The van der Waals surface area contributed by atoms with Crippen LogP contribution >= 0.6 is 23.4 Å². The lowest BCUT2D eigenvalue weighted by molar-refractivity contribution is -0.123. The maximum atomic E-state index is 12.7. The summed E-state index contributed by atoms with van der Waals surface area (Å²) in [5, 5.41) is 5.77. The topological polar surface area (TPSA) is 89.0 Å². The Hall–Kier alpha value is -2.71. The minimum Gasteiger partial charge on any atom is -0.497 e. The predicted molar refractivity (Wildman–Crippen MR) is 116 cm³/mol. The number of aryl methyl sites for hydroxylation is 1. The van der Waals surface area contributed by atoms with E-state index in [1.54, 1.807) is 37.4 Å². The second kappa shape index (κ2) is 9.19. The van der Waals surface area contributed by atoms with Gasteiger partial charge in [-0.3, -0.25) is 9.59 Å². The van der Waals surface area contributed by atoms with Crippen LogP contribution in [0.3, 0.4) is 0 Å². The number of aliphatic imine (C=N–C) groups is 1. The van der Waals surface area contributed by atoms with Crippen LogP contribution < -0.4 is 20.1 Å². The van der Waals surface area contributed by atoms with Crippen LogP contribution in [0.2, 0.25) is 5.02 Å². The largest absolute Gasteiger partial charge is 0.497 e.